The predicted octanol–water partition coefficient (Wildman–Crippen LogP) is 1.91. The van der Waals surface area contributed by atoms with Crippen molar-refractivity contribution in [1.29, 1.82) is 0 Å². The van der Waals surface area contributed by atoms with Gasteiger partial charge >= 0.3 is 0 Å². The van der Waals surface area contributed by atoms with Crippen molar-refractivity contribution in [1.82, 2.24) is 15.1 Å². The lowest BCUT2D eigenvalue weighted by Crippen LogP contribution is -2.35. The molecular formula is C16H21N3O. The number of nitrogens with zero attached hydrogens (tertiary/aromatic N) is 2. The molecule has 0 aliphatic heterocycles. The Morgan fingerprint density at radius 3 is 3.00 bits per heavy atom. The number of rotatable bonds is 4. The van der Waals surface area contributed by atoms with Crippen LogP contribution in [0.15, 0.2) is 24.4 Å². The summed E-state index contributed by atoms with van der Waals surface area (Å²) in [5, 5.41) is 7.34. The molecule has 0 aromatic carbocycles. The highest BCUT2D eigenvalue weighted by atomic mass is 16.1. The molecule has 1 aromatic heterocycles. The fraction of sp³-hybridized carbons (Fsp3) is 0.625. The highest BCUT2D eigenvalue weighted by molar-refractivity contribution is 5.80. The van der Waals surface area contributed by atoms with Gasteiger partial charge < -0.3 is 5.32 Å². The zero-order chi connectivity index (χ0) is 13.7. The van der Waals surface area contributed by atoms with Crippen LogP contribution in [0.4, 0.5) is 0 Å². The van der Waals surface area contributed by atoms with E-state index < -0.39 is 0 Å². The summed E-state index contributed by atoms with van der Waals surface area (Å²) in [5.74, 6) is 1.65. The van der Waals surface area contributed by atoms with Gasteiger partial charge in [-0.1, -0.05) is 12.2 Å². The Labute approximate surface area is 119 Å². The maximum Gasteiger partial charge on any atom is 0.223 e. The van der Waals surface area contributed by atoms with Gasteiger partial charge in [0.05, 0.1) is 6.54 Å². The summed E-state index contributed by atoms with van der Waals surface area (Å²) >= 11 is 0. The van der Waals surface area contributed by atoms with E-state index in [0.717, 1.165) is 18.7 Å². The minimum Gasteiger partial charge on any atom is -0.354 e. The highest BCUT2D eigenvalue weighted by Crippen LogP contribution is 2.70. The second-order valence-corrected chi connectivity index (χ2v) is 6.58. The number of carbonyl (C=O) groups excluding carboxylic acids is 1. The van der Waals surface area contributed by atoms with Gasteiger partial charge in [-0.3, -0.25) is 9.48 Å². The lowest BCUT2D eigenvalue weighted by atomic mass is 9.88. The van der Waals surface area contributed by atoms with Crippen LogP contribution in [0.3, 0.4) is 0 Å². The third-order valence-electron chi connectivity index (χ3n) is 5.61. The maximum absolute atomic E-state index is 12.4. The van der Waals surface area contributed by atoms with Gasteiger partial charge in [0.15, 0.2) is 0 Å². The van der Waals surface area contributed by atoms with Crippen LogP contribution in [0.1, 0.15) is 25.0 Å². The Morgan fingerprint density at radius 1 is 1.50 bits per heavy atom. The molecule has 1 heterocycles. The molecule has 1 amide bonds. The Hall–Kier alpha value is -1.58. The molecule has 3 aliphatic rings. The molecule has 4 rings (SSSR count). The van der Waals surface area contributed by atoms with Crippen molar-refractivity contribution in [3.8, 4) is 0 Å². The van der Waals surface area contributed by atoms with Crippen LogP contribution in [0.5, 0.6) is 0 Å². The zero-order valence-corrected chi connectivity index (χ0v) is 11.9. The van der Waals surface area contributed by atoms with Crippen LogP contribution in [0, 0.1) is 30.1 Å². The van der Waals surface area contributed by atoms with Gasteiger partial charge in [-0.15, -0.1) is 0 Å². The Morgan fingerprint density at radius 2 is 2.35 bits per heavy atom. The third-order valence-corrected chi connectivity index (χ3v) is 5.61. The van der Waals surface area contributed by atoms with E-state index in [1.807, 2.05) is 17.7 Å². The summed E-state index contributed by atoms with van der Waals surface area (Å²) in [6, 6.07) is 1.99. The smallest absolute Gasteiger partial charge is 0.223 e. The molecule has 2 bridgehead atoms. The molecule has 1 N–H and O–H groups in total. The van der Waals surface area contributed by atoms with Crippen LogP contribution in [0.2, 0.25) is 0 Å². The molecule has 0 unspecified atom stereocenters. The summed E-state index contributed by atoms with van der Waals surface area (Å²) < 4.78 is 1.93. The van der Waals surface area contributed by atoms with Gasteiger partial charge in [0.1, 0.15) is 0 Å². The highest BCUT2D eigenvalue weighted by Gasteiger charge is 2.63. The lowest BCUT2D eigenvalue weighted by Gasteiger charge is -2.19. The van der Waals surface area contributed by atoms with Gasteiger partial charge in [-0.25, -0.2) is 0 Å². The zero-order valence-electron chi connectivity index (χ0n) is 11.9. The van der Waals surface area contributed by atoms with E-state index in [-0.39, 0.29) is 11.8 Å². The van der Waals surface area contributed by atoms with Gasteiger partial charge in [-0.2, -0.15) is 5.10 Å². The van der Waals surface area contributed by atoms with Crippen LogP contribution < -0.4 is 5.32 Å². The average Bonchev–Trinajstić information content (AvgIpc) is 2.94. The number of aryl methyl sites for hydroxylation is 1. The lowest BCUT2D eigenvalue weighted by molar-refractivity contribution is -0.125. The minimum atomic E-state index is 0.214. The van der Waals surface area contributed by atoms with E-state index in [1.54, 1.807) is 6.20 Å². The molecule has 2 saturated carbocycles. The van der Waals surface area contributed by atoms with E-state index >= 15 is 0 Å². The van der Waals surface area contributed by atoms with Crippen LogP contribution in [-0.2, 0) is 11.3 Å². The van der Waals surface area contributed by atoms with Crippen molar-refractivity contribution in [2.24, 2.45) is 23.2 Å². The molecule has 3 aliphatic carbocycles. The Balaban J connectivity index is 1.33. The van der Waals surface area contributed by atoms with Crippen LogP contribution >= 0.6 is 0 Å². The van der Waals surface area contributed by atoms with Crippen molar-refractivity contribution in [2.75, 3.05) is 6.54 Å². The molecule has 0 saturated heterocycles. The van der Waals surface area contributed by atoms with Crippen molar-refractivity contribution >= 4 is 5.91 Å². The molecular weight excluding hydrogens is 250 g/mol. The third kappa shape index (κ3) is 1.67. The van der Waals surface area contributed by atoms with Crippen molar-refractivity contribution in [3.63, 3.8) is 0 Å². The summed E-state index contributed by atoms with van der Waals surface area (Å²) in [4.78, 5) is 12.4. The van der Waals surface area contributed by atoms with E-state index in [4.69, 9.17) is 0 Å². The first-order valence-electron chi connectivity index (χ1n) is 7.65. The summed E-state index contributed by atoms with van der Waals surface area (Å²) in [6.45, 7) is 3.46. The molecule has 106 valence electrons. The predicted molar refractivity (Wildman–Crippen MR) is 75.9 cm³/mol. The monoisotopic (exact) mass is 271 g/mol. The molecule has 20 heavy (non-hydrogen) atoms. The first kappa shape index (κ1) is 12.2. The molecule has 0 radical (unpaired) electrons. The molecule has 1 aromatic rings. The number of aromatic nitrogens is 2. The molecule has 4 nitrogen and oxygen atoms in total. The SMILES string of the molecule is Cc1ccnn1CCNC(=O)[C@@H]1C[C@H]2C=C[C@@H]1C21CC1. The summed E-state index contributed by atoms with van der Waals surface area (Å²) in [6.07, 6.45) is 10.2. The van der Waals surface area contributed by atoms with E-state index in [0.29, 0.717) is 23.8 Å². The average molecular weight is 271 g/mol. The topological polar surface area (TPSA) is 46.9 Å². The molecule has 4 heteroatoms. The number of allylic oxidation sites excluding steroid dienone is 2. The summed E-state index contributed by atoms with van der Waals surface area (Å²) in [7, 11) is 0. The van der Waals surface area contributed by atoms with E-state index in [9.17, 15) is 4.79 Å². The normalized spacial score (nSPS) is 31.9. The minimum absolute atomic E-state index is 0.214. The molecule has 1 spiro atoms. The quantitative estimate of drug-likeness (QED) is 0.850. The van der Waals surface area contributed by atoms with Gasteiger partial charge in [0, 0.05) is 24.4 Å². The second-order valence-electron chi connectivity index (χ2n) is 6.58. The van der Waals surface area contributed by atoms with Gasteiger partial charge in [0.25, 0.3) is 0 Å². The first-order chi connectivity index (χ1) is 9.71. The fourth-order valence-corrected chi connectivity index (χ4v) is 4.32. The summed E-state index contributed by atoms with van der Waals surface area (Å²) in [5.41, 5.74) is 1.64. The number of amides is 1. The van der Waals surface area contributed by atoms with E-state index in [2.05, 4.69) is 22.6 Å². The largest absolute Gasteiger partial charge is 0.354 e. The van der Waals surface area contributed by atoms with Gasteiger partial charge in [-0.05, 0) is 49.5 Å². The molecule has 2 fully saturated rings. The van der Waals surface area contributed by atoms with Crippen molar-refractivity contribution < 1.29 is 4.79 Å². The van der Waals surface area contributed by atoms with Crippen molar-refractivity contribution in [2.45, 2.75) is 32.7 Å². The standard InChI is InChI=1S/C16H21N3O/c1-11-4-7-18-19(11)9-8-17-15(20)13-10-12-2-3-14(13)16(12)5-6-16/h2-4,7,12-14H,5-6,8-10H2,1H3,(H,17,20)/t12-,13-,14+/m1/s1. The van der Waals surface area contributed by atoms with Gasteiger partial charge in [0.2, 0.25) is 5.91 Å². The number of hydrogen-bond acceptors (Lipinski definition) is 2. The number of carbonyl (C=O) groups is 1. The number of hydrogen-bond donors (Lipinski definition) is 1. The van der Waals surface area contributed by atoms with Crippen LogP contribution in [-0.4, -0.2) is 22.2 Å². The fourth-order valence-electron chi connectivity index (χ4n) is 4.32. The van der Waals surface area contributed by atoms with Crippen molar-refractivity contribution in [3.05, 3.63) is 30.1 Å². The second kappa shape index (κ2) is 4.21. The first-order valence-corrected chi connectivity index (χ1v) is 7.65. The molecule has 3 atom stereocenters. The number of nitrogens with one attached hydrogen (secondary N) is 1. The Bertz CT molecular complexity index is 570. The maximum atomic E-state index is 12.4. The Kier molecular flexibility index (Phi) is 2.56. The van der Waals surface area contributed by atoms with E-state index in [1.165, 1.54) is 12.8 Å². The van der Waals surface area contributed by atoms with Crippen LogP contribution in [0.25, 0.3) is 0 Å².